The van der Waals surface area contributed by atoms with Gasteiger partial charge in [-0.05, 0) is 14.1 Å². The van der Waals surface area contributed by atoms with Crippen molar-refractivity contribution in [2.24, 2.45) is 0 Å². The highest BCUT2D eigenvalue weighted by Crippen LogP contribution is 1.95. The minimum atomic E-state index is -1.06. The van der Waals surface area contributed by atoms with Crippen LogP contribution in [-0.4, -0.2) is 65.3 Å². The first-order valence-corrected chi connectivity index (χ1v) is 5.90. The van der Waals surface area contributed by atoms with Gasteiger partial charge in [0.15, 0.2) is 5.69 Å². The molecule has 0 saturated carbocycles. The van der Waals surface area contributed by atoms with Crippen molar-refractivity contribution in [2.45, 2.75) is 6.54 Å². The smallest absolute Gasteiger partial charge is 0.356 e. The molecule has 1 heterocycles. The van der Waals surface area contributed by atoms with Crippen molar-refractivity contribution >= 4 is 12.0 Å². The Morgan fingerprint density at radius 3 is 2.63 bits per heavy atom. The number of amides is 2. The molecule has 0 saturated heterocycles. The molecule has 2 amide bonds. The maximum atomic E-state index is 11.4. The van der Waals surface area contributed by atoms with Gasteiger partial charge in [-0.2, -0.15) is 0 Å². The van der Waals surface area contributed by atoms with Crippen LogP contribution in [0.2, 0.25) is 0 Å². The summed E-state index contributed by atoms with van der Waals surface area (Å²) < 4.78 is 1.61. The Morgan fingerprint density at radius 1 is 1.37 bits per heavy atom. The van der Waals surface area contributed by atoms with Gasteiger partial charge in [-0.3, -0.25) is 0 Å². The fourth-order valence-electron chi connectivity index (χ4n) is 1.35. The molecule has 3 N–H and O–H groups in total. The van der Waals surface area contributed by atoms with Gasteiger partial charge < -0.3 is 25.2 Å². The van der Waals surface area contributed by atoms with Gasteiger partial charge in [-0.25, -0.2) is 14.6 Å². The number of likely N-dealkylation sites (N-methyl/N-ethyl adjacent to an activating group) is 1. The van der Waals surface area contributed by atoms with E-state index in [-0.39, 0.29) is 11.7 Å². The Labute approximate surface area is 111 Å². The monoisotopic (exact) mass is 269 g/mol. The van der Waals surface area contributed by atoms with Crippen LogP contribution in [0, 0.1) is 0 Å². The number of imidazole rings is 1. The van der Waals surface area contributed by atoms with E-state index >= 15 is 0 Å². The van der Waals surface area contributed by atoms with E-state index in [0.717, 1.165) is 6.54 Å². The summed E-state index contributed by atoms with van der Waals surface area (Å²) in [6, 6.07) is -0.236. The van der Waals surface area contributed by atoms with Gasteiger partial charge in [0.2, 0.25) is 0 Å². The van der Waals surface area contributed by atoms with Gasteiger partial charge in [0.05, 0.1) is 6.33 Å². The third-order valence-electron chi connectivity index (χ3n) is 2.35. The van der Waals surface area contributed by atoms with Crippen LogP contribution in [0.15, 0.2) is 12.5 Å². The van der Waals surface area contributed by atoms with Crippen LogP contribution in [0.3, 0.4) is 0 Å². The van der Waals surface area contributed by atoms with Crippen molar-refractivity contribution in [3.05, 3.63) is 18.2 Å². The number of carboxylic acid groups (broad SMARTS) is 1. The number of nitrogens with zero attached hydrogens (tertiary/aromatic N) is 3. The fraction of sp³-hybridized carbons (Fsp3) is 0.545. The van der Waals surface area contributed by atoms with Crippen LogP contribution in [0.1, 0.15) is 10.5 Å². The largest absolute Gasteiger partial charge is 0.476 e. The van der Waals surface area contributed by atoms with E-state index in [0.29, 0.717) is 19.6 Å². The SMILES string of the molecule is CN(C)CCNC(=O)NCCn1cnc(C(=O)O)c1. The lowest BCUT2D eigenvalue weighted by molar-refractivity contribution is 0.0691. The molecule has 8 nitrogen and oxygen atoms in total. The predicted octanol–water partition coefficient (Wildman–Crippen LogP) is -0.558. The second-order valence-electron chi connectivity index (χ2n) is 4.29. The molecule has 0 bridgehead atoms. The molecule has 0 unspecified atom stereocenters. The predicted molar refractivity (Wildman–Crippen MR) is 69.1 cm³/mol. The first kappa shape index (κ1) is 15.0. The van der Waals surface area contributed by atoms with E-state index in [1.807, 2.05) is 19.0 Å². The van der Waals surface area contributed by atoms with Gasteiger partial charge >= 0.3 is 12.0 Å². The average molecular weight is 269 g/mol. The summed E-state index contributed by atoms with van der Waals surface area (Å²) >= 11 is 0. The highest BCUT2D eigenvalue weighted by Gasteiger charge is 2.06. The zero-order valence-electron chi connectivity index (χ0n) is 11.1. The maximum absolute atomic E-state index is 11.4. The minimum Gasteiger partial charge on any atom is -0.476 e. The molecule has 0 spiro atoms. The number of nitrogens with one attached hydrogen (secondary N) is 2. The van der Waals surface area contributed by atoms with Crippen molar-refractivity contribution in [3.63, 3.8) is 0 Å². The van der Waals surface area contributed by atoms with Crippen LogP contribution in [0.4, 0.5) is 4.79 Å². The molecule has 0 atom stereocenters. The van der Waals surface area contributed by atoms with Crippen LogP contribution in [0.25, 0.3) is 0 Å². The molecule has 19 heavy (non-hydrogen) atoms. The standard InChI is InChI=1S/C11H19N5O3/c1-15(2)5-3-12-11(19)13-4-6-16-7-9(10(17)18)14-8-16/h7-8H,3-6H2,1-2H3,(H,17,18)(H2,12,13,19). The minimum absolute atomic E-state index is 0.00423. The summed E-state index contributed by atoms with van der Waals surface area (Å²) in [5.74, 6) is -1.06. The number of rotatable bonds is 7. The number of aromatic nitrogens is 2. The number of urea groups is 1. The second kappa shape index (κ2) is 7.37. The molecule has 106 valence electrons. The van der Waals surface area contributed by atoms with Crippen LogP contribution in [-0.2, 0) is 6.54 Å². The number of carboxylic acids is 1. The Morgan fingerprint density at radius 2 is 2.05 bits per heavy atom. The molecule has 0 aliphatic heterocycles. The van der Waals surface area contributed by atoms with E-state index in [1.165, 1.54) is 12.5 Å². The van der Waals surface area contributed by atoms with Gasteiger partial charge in [-0.1, -0.05) is 0 Å². The summed E-state index contributed by atoms with van der Waals surface area (Å²) in [6.07, 6.45) is 2.85. The van der Waals surface area contributed by atoms with Crippen molar-refractivity contribution in [3.8, 4) is 0 Å². The Kier molecular flexibility index (Phi) is 5.80. The molecule has 1 rings (SSSR count). The zero-order valence-corrected chi connectivity index (χ0v) is 11.1. The highest BCUT2D eigenvalue weighted by molar-refractivity contribution is 5.84. The fourth-order valence-corrected chi connectivity index (χ4v) is 1.35. The molecule has 0 aliphatic carbocycles. The first-order chi connectivity index (χ1) is 8.99. The third-order valence-corrected chi connectivity index (χ3v) is 2.35. The van der Waals surface area contributed by atoms with Crippen LogP contribution in [0.5, 0.6) is 0 Å². The Hall–Kier alpha value is -2.09. The van der Waals surface area contributed by atoms with Gasteiger partial charge in [0.1, 0.15) is 0 Å². The highest BCUT2D eigenvalue weighted by atomic mass is 16.4. The van der Waals surface area contributed by atoms with Gasteiger partial charge in [-0.15, -0.1) is 0 Å². The van der Waals surface area contributed by atoms with Crippen LogP contribution < -0.4 is 10.6 Å². The molecule has 0 radical (unpaired) electrons. The summed E-state index contributed by atoms with van der Waals surface area (Å²) in [7, 11) is 3.86. The molecule has 0 aromatic carbocycles. The Balaban J connectivity index is 2.18. The summed E-state index contributed by atoms with van der Waals surface area (Å²) in [5, 5.41) is 14.1. The van der Waals surface area contributed by atoms with E-state index in [1.54, 1.807) is 4.57 Å². The zero-order chi connectivity index (χ0) is 14.3. The summed E-state index contributed by atoms with van der Waals surface area (Å²) in [5.41, 5.74) is -0.00423. The van der Waals surface area contributed by atoms with E-state index < -0.39 is 5.97 Å². The lowest BCUT2D eigenvalue weighted by Crippen LogP contribution is -2.40. The van der Waals surface area contributed by atoms with Crippen molar-refractivity contribution in [1.82, 2.24) is 25.1 Å². The third kappa shape index (κ3) is 5.87. The van der Waals surface area contributed by atoms with Crippen molar-refractivity contribution in [2.75, 3.05) is 33.7 Å². The van der Waals surface area contributed by atoms with E-state index in [2.05, 4.69) is 15.6 Å². The van der Waals surface area contributed by atoms with Crippen LogP contribution >= 0.6 is 0 Å². The Bertz CT molecular complexity index is 430. The number of hydrogen-bond donors (Lipinski definition) is 3. The molecular weight excluding hydrogens is 250 g/mol. The molecular formula is C11H19N5O3. The van der Waals surface area contributed by atoms with Gasteiger partial charge in [0.25, 0.3) is 0 Å². The normalized spacial score (nSPS) is 10.5. The van der Waals surface area contributed by atoms with E-state index in [9.17, 15) is 9.59 Å². The average Bonchev–Trinajstić information content (AvgIpc) is 2.77. The molecule has 8 heteroatoms. The molecule has 1 aromatic rings. The summed E-state index contributed by atoms with van der Waals surface area (Å²) in [6.45, 7) is 2.23. The number of aromatic carboxylic acids is 1. The molecule has 1 aromatic heterocycles. The number of carbonyl (C=O) groups excluding carboxylic acids is 1. The lowest BCUT2D eigenvalue weighted by Gasteiger charge is -2.11. The van der Waals surface area contributed by atoms with E-state index in [4.69, 9.17) is 5.11 Å². The number of carbonyl (C=O) groups is 2. The lowest BCUT2D eigenvalue weighted by atomic mass is 10.5. The quantitative estimate of drug-likeness (QED) is 0.616. The summed E-state index contributed by atoms with van der Waals surface area (Å²) in [4.78, 5) is 27.7. The molecule has 0 fully saturated rings. The van der Waals surface area contributed by atoms with Gasteiger partial charge in [0, 0.05) is 32.4 Å². The second-order valence-corrected chi connectivity index (χ2v) is 4.29. The van der Waals surface area contributed by atoms with Crippen molar-refractivity contribution < 1.29 is 14.7 Å². The topological polar surface area (TPSA) is 99.5 Å². The first-order valence-electron chi connectivity index (χ1n) is 5.90. The van der Waals surface area contributed by atoms with Crippen molar-refractivity contribution in [1.29, 1.82) is 0 Å². The molecule has 0 aliphatic rings. The maximum Gasteiger partial charge on any atom is 0.356 e. The number of hydrogen-bond acceptors (Lipinski definition) is 4.